The lowest BCUT2D eigenvalue weighted by molar-refractivity contribution is -0.160. The maximum Gasteiger partial charge on any atom is 0.309 e. The molecule has 2 saturated carbocycles. The van der Waals surface area contributed by atoms with Crippen molar-refractivity contribution in [2.24, 2.45) is 22.7 Å². The van der Waals surface area contributed by atoms with Crippen LogP contribution in [0, 0.1) is 22.7 Å². The summed E-state index contributed by atoms with van der Waals surface area (Å²) in [7, 11) is 0. The summed E-state index contributed by atoms with van der Waals surface area (Å²) in [6.07, 6.45) is 10.3. The van der Waals surface area contributed by atoms with Crippen molar-refractivity contribution in [3.63, 3.8) is 0 Å². The summed E-state index contributed by atoms with van der Waals surface area (Å²) in [6.45, 7) is 6.73. The van der Waals surface area contributed by atoms with Crippen molar-refractivity contribution in [3.05, 3.63) is 11.6 Å². The number of hydrogen-bond donors (Lipinski definition) is 1. The molecule has 3 heteroatoms. The van der Waals surface area contributed by atoms with Gasteiger partial charge in [-0.05, 0) is 62.7 Å². The Balaban J connectivity index is 2.00. The van der Waals surface area contributed by atoms with Gasteiger partial charge in [0.1, 0.15) is 0 Å². The Labute approximate surface area is 141 Å². The molecule has 1 N–H and O–H groups in total. The van der Waals surface area contributed by atoms with Gasteiger partial charge in [0.05, 0.1) is 5.41 Å². The first-order valence-electron chi connectivity index (χ1n) is 8.32. The molecule has 0 bridgehead atoms. The van der Waals surface area contributed by atoms with Crippen LogP contribution >= 0.6 is 22.6 Å². The molecule has 2 nitrogen and oxygen atoms in total. The fourth-order valence-corrected chi connectivity index (χ4v) is 6.39. The molecule has 3 rings (SSSR count). The second-order valence-electron chi connectivity index (χ2n) is 8.30. The minimum atomic E-state index is -0.577. The van der Waals surface area contributed by atoms with Crippen LogP contribution in [0.5, 0.6) is 0 Å². The number of halogens is 1. The molecular weight excluding hydrogens is 375 g/mol. The largest absolute Gasteiger partial charge is 0.481 e. The number of allylic oxidation sites excluding steroid dienone is 2. The van der Waals surface area contributed by atoms with E-state index in [9.17, 15) is 9.90 Å². The first-order chi connectivity index (χ1) is 9.69. The van der Waals surface area contributed by atoms with Crippen LogP contribution in [0.3, 0.4) is 0 Å². The minimum absolute atomic E-state index is 0.126. The van der Waals surface area contributed by atoms with Crippen LogP contribution in [0.4, 0.5) is 0 Å². The summed E-state index contributed by atoms with van der Waals surface area (Å²) in [5.74, 6) is 0.433. The third kappa shape index (κ3) is 2.38. The van der Waals surface area contributed by atoms with Gasteiger partial charge in [0.2, 0.25) is 0 Å². The van der Waals surface area contributed by atoms with Gasteiger partial charge in [-0.15, -0.1) is 0 Å². The molecule has 0 heterocycles. The zero-order valence-corrected chi connectivity index (χ0v) is 15.6. The molecule has 3 aliphatic rings. The Bertz CT molecular complexity index is 495. The standard InChI is InChI=1S/C18H27IO2/c1-16(19)10-7-13-12(11-16)5-6-14-17(13,2)8-4-9-18(14,3)15(20)21/h7,12,14H,4-6,8-11H2,1-3H3,(H,20,21)/t12-,14-,16-,17-,18+/m0/s1. The molecule has 0 aliphatic heterocycles. The van der Waals surface area contributed by atoms with Gasteiger partial charge in [0, 0.05) is 3.42 Å². The van der Waals surface area contributed by atoms with Crippen molar-refractivity contribution >= 4 is 28.6 Å². The van der Waals surface area contributed by atoms with Crippen molar-refractivity contribution in [2.45, 2.75) is 69.1 Å². The maximum absolute atomic E-state index is 11.9. The summed E-state index contributed by atoms with van der Waals surface area (Å²) in [6, 6.07) is 0. The average molecular weight is 402 g/mol. The highest BCUT2D eigenvalue weighted by Gasteiger charge is 2.57. The van der Waals surface area contributed by atoms with E-state index in [4.69, 9.17) is 0 Å². The minimum Gasteiger partial charge on any atom is -0.481 e. The molecule has 0 saturated heterocycles. The van der Waals surface area contributed by atoms with Crippen LogP contribution in [0.25, 0.3) is 0 Å². The third-order valence-corrected chi connectivity index (χ3v) is 7.62. The van der Waals surface area contributed by atoms with Gasteiger partial charge in [-0.3, -0.25) is 4.79 Å². The second-order valence-corrected chi connectivity index (χ2v) is 10.9. The molecule has 2 fully saturated rings. The van der Waals surface area contributed by atoms with E-state index >= 15 is 0 Å². The van der Waals surface area contributed by atoms with Crippen molar-refractivity contribution in [3.8, 4) is 0 Å². The molecule has 0 aromatic rings. The predicted molar refractivity (Wildman–Crippen MR) is 93.7 cm³/mol. The quantitative estimate of drug-likeness (QED) is 0.372. The molecule has 0 aromatic carbocycles. The Hall–Kier alpha value is -0.0600. The average Bonchev–Trinajstić information content (AvgIpc) is 2.36. The van der Waals surface area contributed by atoms with E-state index in [-0.39, 0.29) is 5.41 Å². The maximum atomic E-state index is 11.9. The molecule has 0 amide bonds. The van der Waals surface area contributed by atoms with E-state index in [1.165, 1.54) is 19.3 Å². The van der Waals surface area contributed by atoms with Gasteiger partial charge in [-0.1, -0.05) is 54.5 Å². The first-order valence-corrected chi connectivity index (χ1v) is 9.40. The lowest BCUT2D eigenvalue weighted by Crippen LogP contribution is -2.53. The molecular formula is C18H27IO2. The first kappa shape index (κ1) is 15.8. The summed E-state index contributed by atoms with van der Waals surface area (Å²) in [5, 5.41) is 9.81. The van der Waals surface area contributed by atoms with Crippen LogP contribution < -0.4 is 0 Å². The number of carbonyl (C=O) groups is 1. The van der Waals surface area contributed by atoms with Crippen molar-refractivity contribution < 1.29 is 9.90 Å². The number of carboxylic acid groups (broad SMARTS) is 1. The van der Waals surface area contributed by atoms with Crippen molar-refractivity contribution in [1.29, 1.82) is 0 Å². The van der Waals surface area contributed by atoms with Crippen LogP contribution in [-0.4, -0.2) is 14.5 Å². The monoisotopic (exact) mass is 402 g/mol. The van der Waals surface area contributed by atoms with Gasteiger partial charge in [-0.2, -0.15) is 0 Å². The zero-order chi connectivity index (χ0) is 15.5. The summed E-state index contributed by atoms with van der Waals surface area (Å²) < 4.78 is 0.389. The van der Waals surface area contributed by atoms with Crippen LogP contribution in [0.1, 0.15) is 65.7 Å². The normalized spacial score (nSPS) is 49.8. The van der Waals surface area contributed by atoms with E-state index in [0.717, 1.165) is 25.7 Å². The predicted octanol–water partition coefficient (Wildman–Crippen LogP) is 5.21. The van der Waals surface area contributed by atoms with Gasteiger partial charge in [0.15, 0.2) is 0 Å². The van der Waals surface area contributed by atoms with E-state index in [2.05, 4.69) is 42.5 Å². The summed E-state index contributed by atoms with van der Waals surface area (Å²) in [5.41, 5.74) is 1.21. The lowest BCUT2D eigenvalue weighted by Gasteiger charge is -2.57. The Morgan fingerprint density at radius 1 is 1.29 bits per heavy atom. The van der Waals surface area contributed by atoms with Crippen molar-refractivity contribution in [1.82, 2.24) is 0 Å². The zero-order valence-electron chi connectivity index (χ0n) is 13.4. The topological polar surface area (TPSA) is 37.3 Å². The second kappa shape index (κ2) is 4.97. The van der Waals surface area contributed by atoms with E-state index < -0.39 is 11.4 Å². The molecule has 0 unspecified atom stereocenters. The Morgan fingerprint density at radius 3 is 2.67 bits per heavy atom. The molecule has 0 radical (unpaired) electrons. The van der Waals surface area contributed by atoms with Gasteiger partial charge in [0.25, 0.3) is 0 Å². The molecule has 0 aromatic heterocycles. The summed E-state index contributed by atoms with van der Waals surface area (Å²) >= 11 is 2.61. The number of hydrogen-bond acceptors (Lipinski definition) is 1. The summed E-state index contributed by atoms with van der Waals surface area (Å²) in [4.78, 5) is 11.9. The molecule has 21 heavy (non-hydrogen) atoms. The highest BCUT2D eigenvalue weighted by molar-refractivity contribution is 14.1. The van der Waals surface area contributed by atoms with E-state index in [1.807, 2.05) is 6.92 Å². The van der Waals surface area contributed by atoms with Crippen LogP contribution in [0.15, 0.2) is 11.6 Å². The lowest BCUT2D eigenvalue weighted by atomic mass is 9.47. The fourth-order valence-electron chi connectivity index (χ4n) is 5.63. The SMILES string of the molecule is C[C@]1(I)CC=C2[C@@H](CC[C@@H]3[C@](C)(C(=O)O)CCC[C@@]23C)C1. The number of aliphatic carboxylic acids is 1. The molecule has 0 spiro atoms. The van der Waals surface area contributed by atoms with Crippen LogP contribution in [-0.2, 0) is 4.79 Å². The van der Waals surface area contributed by atoms with Crippen LogP contribution in [0.2, 0.25) is 0 Å². The van der Waals surface area contributed by atoms with Crippen molar-refractivity contribution in [2.75, 3.05) is 0 Å². The van der Waals surface area contributed by atoms with Gasteiger partial charge in [-0.25, -0.2) is 0 Å². The fraction of sp³-hybridized carbons (Fsp3) is 0.833. The number of rotatable bonds is 1. The number of fused-ring (bicyclic) bond motifs is 3. The number of alkyl halides is 1. The highest BCUT2D eigenvalue weighted by atomic mass is 127. The molecule has 3 aliphatic carbocycles. The Kier molecular flexibility index (Phi) is 3.74. The highest BCUT2D eigenvalue weighted by Crippen LogP contribution is 2.63. The van der Waals surface area contributed by atoms with Gasteiger partial charge >= 0.3 is 5.97 Å². The Morgan fingerprint density at radius 2 is 2.00 bits per heavy atom. The van der Waals surface area contributed by atoms with Gasteiger partial charge < -0.3 is 5.11 Å². The number of carboxylic acids is 1. The smallest absolute Gasteiger partial charge is 0.309 e. The third-order valence-electron chi connectivity index (χ3n) is 6.74. The van der Waals surface area contributed by atoms with E-state index in [1.54, 1.807) is 5.57 Å². The molecule has 118 valence electrons. The molecule has 5 atom stereocenters. The van der Waals surface area contributed by atoms with E-state index in [0.29, 0.717) is 15.3 Å².